The quantitative estimate of drug-likeness (QED) is 0.499. The molecule has 0 radical (unpaired) electrons. The highest BCUT2D eigenvalue weighted by Crippen LogP contribution is 2.18. The van der Waals surface area contributed by atoms with Gasteiger partial charge in [-0.25, -0.2) is 0 Å². The maximum Gasteiger partial charge on any atom is 0.224 e. The first-order chi connectivity index (χ1) is 13.8. The van der Waals surface area contributed by atoms with E-state index in [4.69, 9.17) is 4.74 Å². The number of carbonyl (C=O) groups is 1. The molecule has 140 valence electrons. The number of para-hydroxylation sites is 2. The number of ether oxygens (including phenoxy) is 1. The van der Waals surface area contributed by atoms with E-state index in [1.807, 2.05) is 85.1 Å². The molecule has 0 aliphatic rings. The van der Waals surface area contributed by atoms with Crippen molar-refractivity contribution in [2.45, 2.75) is 19.6 Å². The largest absolute Gasteiger partial charge is 0.489 e. The molecule has 2 N–H and O–H groups in total. The Morgan fingerprint density at radius 2 is 1.57 bits per heavy atom. The Bertz CT molecular complexity index is 1050. The summed E-state index contributed by atoms with van der Waals surface area (Å²) in [6.07, 6.45) is 2.28. The van der Waals surface area contributed by atoms with Crippen LogP contribution in [0.4, 0.5) is 0 Å². The van der Waals surface area contributed by atoms with Crippen LogP contribution in [0.3, 0.4) is 0 Å². The fraction of sp³-hybridized carbons (Fsp3) is 0.125. The smallest absolute Gasteiger partial charge is 0.224 e. The third kappa shape index (κ3) is 4.41. The Labute approximate surface area is 164 Å². The van der Waals surface area contributed by atoms with Gasteiger partial charge < -0.3 is 15.0 Å². The van der Waals surface area contributed by atoms with Crippen molar-refractivity contribution in [3.8, 4) is 5.75 Å². The molecule has 0 saturated heterocycles. The van der Waals surface area contributed by atoms with E-state index in [-0.39, 0.29) is 5.91 Å². The Morgan fingerprint density at radius 3 is 2.39 bits per heavy atom. The lowest BCUT2D eigenvalue weighted by molar-refractivity contribution is -0.120. The summed E-state index contributed by atoms with van der Waals surface area (Å²) in [5.74, 6) is 0.873. The average molecular weight is 370 g/mol. The van der Waals surface area contributed by atoms with E-state index >= 15 is 0 Å². The molecule has 0 aliphatic carbocycles. The molecule has 0 aliphatic heterocycles. The summed E-state index contributed by atoms with van der Waals surface area (Å²) in [7, 11) is 0. The lowest BCUT2D eigenvalue weighted by Gasteiger charge is -2.08. The molecular weight excluding hydrogens is 348 g/mol. The van der Waals surface area contributed by atoms with E-state index in [9.17, 15) is 4.79 Å². The number of hydrogen-bond acceptors (Lipinski definition) is 2. The van der Waals surface area contributed by atoms with E-state index in [0.29, 0.717) is 19.6 Å². The van der Waals surface area contributed by atoms with Gasteiger partial charge in [0.25, 0.3) is 0 Å². The van der Waals surface area contributed by atoms with Crippen molar-refractivity contribution in [3.05, 3.63) is 102 Å². The third-order valence-corrected chi connectivity index (χ3v) is 4.69. The molecule has 0 saturated carbocycles. The monoisotopic (exact) mass is 370 g/mol. The van der Waals surface area contributed by atoms with Crippen molar-refractivity contribution in [2.24, 2.45) is 0 Å². The molecule has 4 heteroatoms. The number of aromatic amines is 1. The number of amides is 1. The maximum absolute atomic E-state index is 12.3. The molecule has 4 nitrogen and oxygen atoms in total. The Morgan fingerprint density at radius 1 is 0.857 bits per heavy atom. The van der Waals surface area contributed by atoms with Gasteiger partial charge in [-0.3, -0.25) is 4.79 Å². The van der Waals surface area contributed by atoms with E-state index in [1.165, 1.54) is 0 Å². The van der Waals surface area contributed by atoms with Gasteiger partial charge in [-0.05, 0) is 34.9 Å². The van der Waals surface area contributed by atoms with Crippen LogP contribution in [0.25, 0.3) is 10.9 Å². The van der Waals surface area contributed by atoms with E-state index < -0.39 is 0 Å². The van der Waals surface area contributed by atoms with E-state index in [1.54, 1.807) is 0 Å². The molecule has 0 fully saturated rings. The second-order valence-corrected chi connectivity index (χ2v) is 6.73. The van der Waals surface area contributed by atoms with Crippen molar-refractivity contribution in [2.75, 3.05) is 0 Å². The molecule has 0 atom stereocenters. The summed E-state index contributed by atoms with van der Waals surface area (Å²) in [6, 6.07) is 25.9. The minimum Gasteiger partial charge on any atom is -0.489 e. The van der Waals surface area contributed by atoms with Gasteiger partial charge in [0.2, 0.25) is 5.91 Å². The first kappa shape index (κ1) is 17.9. The summed E-state index contributed by atoms with van der Waals surface area (Å²) in [4.78, 5) is 15.5. The summed E-state index contributed by atoms with van der Waals surface area (Å²) in [5, 5.41) is 4.09. The van der Waals surface area contributed by atoms with Crippen LogP contribution >= 0.6 is 0 Å². The fourth-order valence-electron chi connectivity index (χ4n) is 3.15. The predicted octanol–water partition coefficient (Wildman–Crippen LogP) is 4.61. The standard InChI is InChI=1S/C24H22N2O2/c27-24(14-20-16-25-23-9-5-4-8-22(20)23)26-15-18-10-12-19(13-11-18)17-28-21-6-2-1-3-7-21/h1-13,16,25H,14-15,17H2,(H,26,27). The number of H-pyrrole nitrogens is 1. The molecule has 0 unspecified atom stereocenters. The Balaban J connectivity index is 1.28. The predicted molar refractivity (Wildman–Crippen MR) is 111 cm³/mol. The minimum atomic E-state index is 0.0150. The number of benzene rings is 3. The molecule has 3 aromatic carbocycles. The molecule has 0 bridgehead atoms. The van der Waals surface area contributed by atoms with Crippen molar-refractivity contribution < 1.29 is 9.53 Å². The van der Waals surface area contributed by atoms with Crippen LogP contribution in [0.15, 0.2) is 85.1 Å². The van der Waals surface area contributed by atoms with Crippen molar-refractivity contribution in [3.63, 3.8) is 0 Å². The highest BCUT2D eigenvalue weighted by atomic mass is 16.5. The Hall–Kier alpha value is -3.53. The lowest BCUT2D eigenvalue weighted by Crippen LogP contribution is -2.24. The fourth-order valence-corrected chi connectivity index (χ4v) is 3.15. The zero-order chi connectivity index (χ0) is 19.2. The molecule has 1 heterocycles. The zero-order valence-corrected chi connectivity index (χ0v) is 15.5. The normalized spacial score (nSPS) is 10.7. The second kappa shape index (κ2) is 8.44. The summed E-state index contributed by atoms with van der Waals surface area (Å²) < 4.78 is 5.75. The van der Waals surface area contributed by atoms with Gasteiger partial charge in [-0.15, -0.1) is 0 Å². The summed E-state index contributed by atoms with van der Waals surface area (Å²) in [5.41, 5.74) is 4.23. The number of rotatable bonds is 7. The van der Waals surface area contributed by atoms with Crippen LogP contribution in [-0.4, -0.2) is 10.9 Å². The third-order valence-electron chi connectivity index (χ3n) is 4.69. The van der Waals surface area contributed by atoms with Gasteiger partial charge in [-0.1, -0.05) is 60.7 Å². The Kier molecular flexibility index (Phi) is 5.38. The highest BCUT2D eigenvalue weighted by molar-refractivity contribution is 5.88. The number of fused-ring (bicyclic) bond motifs is 1. The van der Waals surface area contributed by atoms with Crippen molar-refractivity contribution >= 4 is 16.8 Å². The molecule has 28 heavy (non-hydrogen) atoms. The van der Waals surface area contributed by atoms with Crippen LogP contribution in [0.5, 0.6) is 5.75 Å². The van der Waals surface area contributed by atoms with E-state index in [2.05, 4.69) is 10.3 Å². The number of nitrogens with one attached hydrogen (secondary N) is 2. The van der Waals surface area contributed by atoms with Crippen molar-refractivity contribution in [1.82, 2.24) is 10.3 Å². The molecule has 1 aromatic heterocycles. The number of hydrogen-bond donors (Lipinski definition) is 2. The van der Waals surface area contributed by atoms with Gasteiger partial charge in [0.15, 0.2) is 0 Å². The van der Waals surface area contributed by atoms with Gasteiger partial charge in [0.1, 0.15) is 12.4 Å². The minimum absolute atomic E-state index is 0.0150. The van der Waals surface area contributed by atoms with Crippen molar-refractivity contribution in [1.29, 1.82) is 0 Å². The number of aromatic nitrogens is 1. The summed E-state index contributed by atoms with van der Waals surface area (Å²) >= 11 is 0. The van der Waals surface area contributed by atoms with Crippen LogP contribution in [-0.2, 0) is 24.4 Å². The topological polar surface area (TPSA) is 54.1 Å². The van der Waals surface area contributed by atoms with Gasteiger partial charge in [0.05, 0.1) is 6.42 Å². The zero-order valence-electron chi connectivity index (χ0n) is 15.5. The second-order valence-electron chi connectivity index (χ2n) is 6.73. The lowest BCUT2D eigenvalue weighted by atomic mass is 10.1. The van der Waals surface area contributed by atoms with Crippen LogP contribution in [0.2, 0.25) is 0 Å². The molecule has 4 aromatic rings. The van der Waals surface area contributed by atoms with Gasteiger partial charge >= 0.3 is 0 Å². The molecule has 1 amide bonds. The van der Waals surface area contributed by atoms with E-state index in [0.717, 1.165) is 33.3 Å². The molecular formula is C24H22N2O2. The van der Waals surface area contributed by atoms with Crippen LogP contribution in [0.1, 0.15) is 16.7 Å². The highest BCUT2D eigenvalue weighted by Gasteiger charge is 2.08. The van der Waals surface area contributed by atoms with Crippen LogP contribution in [0, 0.1) is 0 Å². The molecule has 4 rings (SSSR count). The first-order valence-electron chi connectivity index (χ1n) is 9.35. The summed E-state index contributed by atoms with van der Waals surface area (Å²) in [6.45, 7) is 1.04. The number of carbonyl (C=O) groups excluding carboxylic acids is 1. The van der Waals surface area contributed by atoms with Crippen LogP contribution < -0.4 is 10.1 Å². The average Bonchev–Trinajstić information content (AvgIpc) is 3.15. The first-order valence-corrected chi connectivity index (χ1v) is 9.35. The SMILES string of the molecule is O=C(Cc1c[nH]c2ccccc12)NCc1ccc(COc2ccccc2)cc1. The van der Waals surface area contributed by atoms with Gasteiger partial charge in [-0.2, -0.15) is 0 Å². The molecule has 0 spiro atoms. The maximum atomic E-state index is 12.3. The van der Waals surface area contributed by atoms with Gasteiger partial charge in [0, 0.05) is 23.6 Å².